The molecule has 2 unspecified atom stereocenters. The third-order valence-corrected chi connectivity index (χ3v) is 5.39. The summed E-state index contributed by atoms with van der Waals surface area (Å²) in [6.45, 7) is 8.57. The van der Waals surface area contributed by atoms with E-state index in [2.05, 4.69) is 38.6 Å². The standard InChI is InChI=1S/C20H24O/c1-14-11-12-20(3)18(15(14)2)10-9-17(19(20)21)13-16-7-5-4-6-8-16/h4-8,13,19,21H,1,9-12H2,2-3H3. The van der Waals surface area contributed by atoms with E-state index < -0.39 is 0 Å². The summed E-state index contributed by atoms with van der Waals surface area (Å²) in [5, 5.41) is 11.0. The second-order valence-corrected chi connectivity index (χ2v) is 6.66. The molecule has 3 rings (SSSR count). The summed E-state index contributed by atoms with van der Waals surface area (Å²) >= 11 is 0. The number of fused-ring (bicyclic) bond motifs is 1. The van der Waals surface area contributed by atoms with Crippen LogP contribution in [0.1, 0.15) is 45.1 Å². The molecule has 0 bridgehead atoms. The largest absolute Gasteiger partial charge is 0.388 e. The molecule has 0 radical (unpaired) electrons. The van der Waals surface area contributed by atoms with E-state index in [0.29, 0.717) is 0 Å². The first-order valence-electron chi connectivity index (χ1n) is 7.84. The molecule has 2 aliphatic rings. The predicted molar refractivity (Wildman–Crippen MR) is 88.8 cm³/mol. The third kappa shape index (κ3) is 2.40. The fraction of sp³-hybridized carbons (Fsp3) is 0.400. The van der Waals surface area contributed by atoms with Crippen LogP contribution in [0.2, 0.25) is 0 Å². The summed E-state index contributed by atoms with van der Waals surface area (Å²) in [5.41, 5.74) is 6.26. The van der Waals surface area contributed by atoms with Crippen molar-refractivity contribution < 1.29 is 5.11 Å². The molecule has 1 heteroatoms. The molecule has 110 valence electrons. The first-order valence-corrected chi connectivity index (χ1v) is 7.84. The maximum Gasteiger partial charge on any atom is 0.0844 e. The Kier molecular flexibility index (Phi) is 3.62. The number of aliphatic hydroxyl groups excluding tert-OH is 1. The van der Waals surface area contributed by atoms with Gasteiger partial charge in [0.15, 0.2) is 0 Å². The molecule has 1 fully saturated rings. The molecule has 0 saturated heterocycles. The molecule has 1 N–H and O–H groups in total. The SMILES string of the molecule is C=C1CCC2(C)C(=C1C)CCC(=Cc1ccccc1)C2O. The van der Waals surface area contributed by atoms with Crippen LogP contribution in [-0.4, -0.2) is 11.2 Å². The summed E-state index contributed by atoms with van der Waals surface area (Å²) in [7, 11) is 0. The van der Waals surface area contributed by atoms with Gasteiger partial charge in [-0.3, -0.25) is 0 Å². The van der Waals surface area contributed by atoms with Gasteiger partial charge in [-0.05, 0) is 49.3 Å². The summed E-state index contributed by atoms with van der Waals surface area (Å²) in [6, 6.07) is 10.3. The number of hydrogen-bond donors (Lipinski definition) is 1. The highest BCUT2D eigenvalue weighted by Gasteiger charge is 2.44. The van der Waals surface area contributed by atoms with Gasteiger partial charge in [-0.1, -0.05) is 61.1 Å². The minimum absolute atomic E-state index is 0.107. The minimum atomic E-state index is -0.371. The van der Waals surface area contributed by atoms with Crippen molar-refractivity contribution in [3.05, 3.63) is 64.8 Å². The zero-order valence-corrected chi connectivity index (χ0v) is 13.0. The van der Waals surface area contributed by atoms with Crippen molar-refractivity contribution in [3.63, 3.8) is 0 Å². The Bertz CT molecular complexity index is 620. The highest BCUT2D eigenvalue weighted by atomic mass is 16.3. The molecule has 0 aliphatic heterocycles. The van der Waals surface area contributed by atoms with Crippen LogP contribution >= 0.6 is 0 Å². The molecule has 21 heavy (non-hydrogen) atoms. The van der Waals surface area contributed by atoms with Crippen LogP contribution in [0, 0.1) is 5.41 Å². The highest BCUT2D eigenvalue weighted by Crippen LogP contribution is 2.52. The lowest BCUT2D eigenvalue weighted by molar-refractivity contribution is 0.0679. The number of aliphatic hydroxyl groups is 1. The second kappa shape index (κ2) is 5.31. The summed E-state index contributed by atoms with van der Waals surface area (Å²) in [6.07, 6.45) is 5.81. The molecule has 2 aliphatic carbocycles. The normalized spacial score (nSPS) is 31.5. The van der Waals surface area contributed by atoms with Crippen molar-refractivity contribution in [1.82, 2.24) is 0 Å². The van der Waals surface area contributed by atoms with Crippen molar-refractivity contribution in [2.45, 2.75) is 45.6 Å². The second-order valence-electron chi connectivity index (χ2n) is 6.66. The summed E-state index contributed by atoms with van der Waals surface area (Å²) < 4.78 is 0. The summed E-state index contributed by atoms with van der Waals surface area (Å²) in [4.78, 5) is 0. The van der Waals surface area contributed by atoms with Crippen molar-refractivity contribution >= 4 is 6.08 Å². The van der Waals surface area contributed by atoms with E-state index in [9.17, 15) is 5.11 Å². The molecular formula is C20H24O. The minimum Gasteiger partial charge on any atom is -0.388 e. The average molecular weight is 280 g/mol. The van der Waals surface area contributed by atoms with Crippen LogP contribution < -0.4 is 0 Å². The molecule has 1 aromatic carbocycles. The molecule has 0 heterocycles. The monoisotopic (exact) mass is 280 g/mol. The average Bonchev–Trinajstić information content (AvgIpc) is 2.49. The van der Waals surface area contributed by atoms with Crippen molar-refractivity contribution in [2.24, 2.45) is 5.41 Å². The van der Waals surface area contributed by atoms with E-state index in [4.69, 9.17) is 0 Å². The molecule has 1 nitrogen and oxygen atoms in total. The van der Waals surface area contributed by atoms with Crippen LogP contribution in [0.3, 0.4) is 0 Å². The van der Waals surface area contributed by atoms with Gasteiger partial charge in [0.1, 0.15) is 0 Å². The maximum absolute atomic E-state index is 11.0. The molecule has 0 aromatic heterocycles. The Labute approximate surface area is 127 Å². The van der Waals surface area contributed by atoms with Crippen LogP contribution in [0.15, 0.2) is 59.2 Å². The molecule has 1 aromatic rings. The fourth-order valence-electron chi connectivity index (χ4n) is 3.90. The number of allylic oxidation sites excluding steroid dienone is 2. The summed E-state index contributed by atoms with van der Waals surface area (Å²) in [5.74, 6) is 0. The van der Waals surface area contributed by atoms with Gasteiger partial charge < -0.3 is 5.11 Å². The Hall–Kier alpha value is -1.60. The number of rotatable bonds is 1. The maximum atomic E-state index is 11.0. The van der Waals surface area contributed by atoms with E-state index in [1.54, 1.807) is 0 Å². The Balaban J connectivity index is 1.98. The first-order chi connectivity index (χ1) is 10.0. The van der Waals surface area contributed by atoms with Gasteiger partial charge >= 0.3 is 0 Å². The van der Waals surface area contributed by atoms with Crippen LogP contribution in [0.25, 0.3) is 6.08 Å². The van der Waals surface area contributed by atoms with Crippen molar-refractivity contribution in [1.29, 1.82) is 0 Å². The van der Waals surface area contributed by atoms with Gasteiger partial charge in [0.2, 0.25) is 0 Å². The fourth-order valence-corrected chi connectivity index (χ4v) is 3.90. The van der Waals surface area contributed by atoms with Gasteiger partial charge in [-0.2, -0.15) is 0 Å². The predicted octanol–water partition coefficient (Wildman–Crippen LogP) is 4.90. The lowest BCUT2D eigenvalue weighted by atomic mass is 9.60. The Morgan fingerprint density at radius 2 is 1.90 bits per heavy atom. The zero-order valence-electron chi connectivity index (χ0n) is 13.0. The lowest BCUT2D eigenvalue weighted by Crippen LogP contribution is -2.41. The van der Waals surface area contributed by atoms with E-state index in [-0.39, 0.29) is 11.5 Å². The first kappa shape index (κ1) is 14.3. The van der Waals surface area contributed by atoms with Gasteiger partial charge in [-0.15, -0.1) is 0 Å². The highest BCUT2D eigenvalue weighted by molar-refractivity contribution is 5.56. The molecule has 2 atom stereocenters. The van der Waals surface area contributed by atoms with Crippen LogP contribution in [-0.2, 0) is 0 Å². The van der Waals surface area contributed by atoms with E-state index >= 15 is 0 Å². The Morgan fingerprint density at radius 1 is 1.19 bits per heavy atom. The zero-order chi connectivity index (χ0) is 15.0. The molecule has 0 amide bonds. The topological polar surface area (TPSA) is 20.2 Å². The van der Waals surface area contributed by atoms with Gasteiger partial charge in [-0.25, -0.2) is 0 Å². The van der Waals surface area contributed by atoms with E-state index in [0.717, 1.165) is 25.7 Å². The van der Waals surface area contributed by atoms with E-state index in [1.807, 2.05) is 18.2 Å². The van der Waals surface area contributed by atoms with Crippen LogP contribution in [0.5, 0.6) is 0 Å². The molecule has 1 saturated carbocycles. The number of benzene rings is 1. The van der Waals surface area contributed by atoms with Crippen molar-refractivity contribution in [3.8, 4) is 0 Å². The van der Waals surface area contributed by atoms with Crippen LogP contribution in [0.4, 0.5) is 0 Å². The quantitative estimate of drug-likeness (QED) is 0.776. The van der Waals surface area contributed by atoms with Gasteiger partial charge in [0.05, 0.1) is 6.10 Å². The smallest absolute Gasteiger partial charge is 0.0844 e. The Morgan fingerprint density at radius 3 is 2.62 bits per heavy atom. The lowest BCUT2D eigenvalue weighted by Gasteiger charge is -2.46. The molecular weight excluding hydrogens is 256 g/mol. The molecule has 0 spiro atoms. The van der Waals surface area contributed by atoms with E-state index in [1.165, 1.54) is 27.9 Å². The van der Waals surface area contributed by atoms with Gasteiger partial charge in [0.25, 0.3) is 0 Å². The third-order valence-electron chi connectivity index (χ3n) is 5.39. The van der Waals surface area contributed by atoms with Gasteiger partial charge in [0, 0.05) is 5.41 Å². The number of hydrogen-bond acceptors (Lipinski definition) is 1. The van der Waals surface area contributed by atoms with Crippen molar-refractivity contribution in [2.75, 3.05) is 0 Å².